The minimum atomic E-state index is -0.179. The molecule has 0 saturated heterocycles. The summed E-state index contributed by atoms with van der Waals surface area (Å²) >= 11 is 0. The van der Waals surface area contributed by atoms with Crippen LogP contribution in [0.5, 0.6) is 0 Å². The molecule has 2 nitrogen and oxygen atoms in total. The van der Waals surface area contributed by atoms with E-state index in [-0.39, 0.29) is 16.2 Å². The Morgan fingerprint density at radius 2 is 1.62 bits per heavy atom. The molecule has 4 aliphatic rings. The molecule has 0 amide bonds. The molecule has 0 aromatic rings. The van der Waals surface area contributed by atoms with Gasteiger partial charge < -0.3 is 0 Å². The lowest BCUT2D eigenvalue weighted by Gasteiger charge is -2.65. The van der Waals surface area contributed by atoms with Crippen molar-refractivity contribution in [3.8, 4) is 0 Å². The zero-order valence-electron chi connectivity index (χ0n) is 15.8. The number of ketones is 2. The highest BCUT2D eigenvalue weighted by atomic mass is 16.1. The maximum Gasteiger partial charge on any atom is 0.155 e. The molecular formula is C22H32O2. The lowest BCUT2D eigenvalue weighted by Crippen LogP contribution is -2.59. The zero-order chi connectivity index (χ0) is 17.3. The molecular weight excluding hydrogens is 296 g/mol. The standard InChI is InChI=1S/C22H32O2/c1-20(2)17-9-11-21(3)16-13-15(23)7-5-14(16)6-8-18(21)22(17,4)12-10-19(20)24/h13-14,17-18H,5-12H2,1-4H3/t14-,17-,18-,21-,22-/m0/s1. The number of hydrogen-bond acceptors (Lipinski definition) is 2. The molecule has 0 radical (unpaired) electrons. The third kappa shape index (κ3) is 2.01. The van der Waals surface area contributed by atoms with Crippen LogP contribution in [0, 0.1) is 34.0 Å². The van der Waals surface area contributed by atoms with Gasteiger partial charge in [0.1, 0.15) is 5.78 Å². The van der Waals surface area contributed by atoms with Crippen LogP contribution in [0.15, 0.2) is 11.6 Å². The van der Waals surface area contributed by atoms with Gasteiger partial charge in [0.2, 0.25) is 0 Å². The molecule has 4 rings (SSSR count). The molecule has 2 heteroatoms. The third-order valence-corrected chi connectivity index (χ3v) is 8.75. The summed E-state index contributed by atoms with van der Waals surface area (Å²) in [5.41, 5.74) is 1.73. The van der Waals surface area contributed by atoms with Gasteiger partial charge in [-0.3, -0.25) is 9.59 Å². The largest absolute Gasteiger partial charge is 0.299 e. The third-order valence-electron chi connectivity index (χ3n) is 8.75. The van der Waals surface area contributed by atoms with Gasteiger partial charge in [0.25, 0.3) is 0 Å². The predicted molar refractivity (Wildman–Crippen MR) is 95.5 cm³/mol. The first kappa shape index (κ1) is 16.5. The van der Waals surface area contributed by atoms with Crippen LogP contribution in [-0.2, 0) is 9.59 Å². The highest BCUT2D eigenvalue weighted by Crippen LogP contribution is 2.68. The fraction of sp³-hybridized carbons (Fsp3) is 0.818. The van der Waals surface area contributed by atoms with Crippen LogP contribution in [0.4, 0.5) is 0 Å². The SMILES string of the molecule is CC1(C)C(=O)CC[C@]2(C)[C@H]3CC[C@@H]4CCC(=O)C=C4[C@]3(C)CC[C@@H]12. The van der Waals surface area contributed by atoms with E-state index in [0.717, 1.165) is 38.5 Å². The summed E-state index contributed by atoms with van der Waals surface area (Å²) in [4.78, 5) is 24.7. The van der Waals surface area contributed by atoms with Crippen molar-refractivity contribution in [1.29, 1.82) is 0 Å². The van der Waals surface area contributed by atoms with Crippen LogP contribution in [0.1, 0.15) is 79.1 Å². The summed E-state index contributed by atoms with van der Waals surface area (Å²) in [6, 6.07) is 0. The van der Waals surface area contributed by atoms with Crippen LogP contribution in [0.25, 0.3) is 0 Å². The molecule has 0 spiro atoms. The van der Waals surface area contributed by atoms with Gasteiger partial charge in [-0.2, -0.15) is 0 Å². The second kappa shape index (κ2) is 5.05. The van der Waals surface area contributed by atoms with Crippen molar-refractivity contribution in [3.05, 3.63) is 11.6 Å². The van der Waals surface area contributed by atoms with Crippen molar-refractivity contribution in [2.24, 2.45) is 34.0 Å². The number of carbonyl (C=O) groups is 2. The lowest BCUT2D eigenvalue weighted by molar-refractivity contribution is -0.160. The van der Waals surface area contributed by atoms with E-state index in [4.69, 9.17) is 0 Å². The smallest absolute Gasteiger partial charge is 0.155 e. The summed E-state index contributed by atoms with van der Waals surface area (Å²) in [6.45, 7) is 9.29. The first-order chi connectivity index (χ1) is 11.2. The maximum absolute atomic E-state index is 12.6. The summed E-state index contributed by atoms with van der Waals surface area (Å²) in [7, 11) is 0. The molecule has 0 aromatic carbocycles. The molecule has 0 unspecified atom stereocenters. The minimum Gasteiger partial charge on any atom is -0.299 e. The van der Waals surface area contributed by atoms with E-state index in [1.807, 2.05) is 6.08 Å². The van der Waals surface area contributed by atoms with E-state index in [1.54, 1.807) is 0 Å². The quantitative estimate of drug-likeness (QED) is 0.619. The summed E-state index contributed by atoms with van der Waals surface area (Å²) < 4.78 is 0. The first-order valence-corrected chi connectivity index (χ1v) is 9.98. The Hall–Kier alpha value is -0.920. The van der Waals surface area contributed by atoms with E-state index >= 15 is 0 Å². The fourth-order valence-electron chi connectivity index (χ4n) is 7.48. The van der Waals surface area contributed by atoms with Crippen molar-refractivity contribution in [2.75, 3.05) is 0 Å². The van der Waals surface area contributed by atoms with Gasteiger partial charge in [-0.05, 0) is 73.2 Å². The molecule has 0 heterocycles. The van der Waals surface area contributed by atoms with Crippen LogP contribution < -0.4 is 0 Å². The van der Waals surface area contributed by atoms with Crippen LogP contribution in [0.2, 0.25) is 0 Å². The molecule has 132 valence electrons. The van der Waals surface area contributed by atoms with Crippen molar-refractivity contribution < 1.29 is 9.59 Å². The van der Waals surface area contributed by atoms with Gasteiger partial charge in [0, 0.05) is 18.3 Å². The Labute approximate surface area is 146 Å². The van der Waals surface area contributed by atoms with Crippen molar-refractivity contribution in [1.82, 2.24) is 0 Å². The van der Waals surface area contributed by atoms with E-state index in [9.17, 15) is 9.59 Å². The number of hydrogen-bond donors (Lipinski definition) is 0. The lowest BCUT2D eigenvalue weighted by atomic mass is 9.39. The normalized spacial score (nSPS) is 47.3. The average molecular weight is 328 g/mol. The van der Waals surface area contributed by atoms with E-state index in [1.165, 1.54) is 18.4 Å². The molecule has 4 aliphatic carbocycles. The molecule has 0 aliphatic heterocycles. The van der Waals surface area contributed by atoms with Gasteiger partial charge >= 0.3 is 0 Å². The van der Waals surface area contributed by atoms with Crippen molar-refractivity contribution >= 4 is 11.6 Å². The Morgan fingerprint density at radius 3 is 2.38 bits per heavy atom. The summed E-state index contributed by atoms with van der Waals surface area (Å²) in [5, 5.41) is 0. The highest BCUT2D eigenvalue weighted by Gasteiger charge is 2.62. The zero-order valence-corrected chi connectivity index (χ0v) is 15.8. The Balaban J connectivity index is 1.77. The number of fused-ring (bicyclic) bond motifs is 5. The Morgan fingerprint density at radius 1 is 0.875 bits per heavy atom. The molecule has 0 bridgehead atoms. The van der Waals surface area contributed by atoms with E-state index < -0.39 is 0 Å². The van der Waals surface area contributed by atoms with Gasteiger partial charge in [-0.15, -0.1) is 0 Å². The fourth-order valence-corrected chi connectivity index (χ4v) is 7.48. The number of carbonyl (C=O) groups excluding carboxylic acids is 2. The second-order valence-corrected chi connectivity index (χ2v) is 10.1. The average Bonchev–Trinajstić information content (AvgIpc) is 2.51. The van der Waals surface area contributed by atoms with Gasteiger partial charge in [0.15, 0.2) is 5.78 Å². The van der Waals surface area contributed by atoms with Crippen LogP contribution >= 0.6 is 0 Å². The van der Waals surface area contributed by atoms with Gasteiger partial charge in [-0.25, -0.2) is 0 Å². The van der Waals surface area contributed by atoms with Crippen LogP contribution in [-0.4, -0.2) is 11.6 Å². The van der Waals surface area contributed by atoms with Gasteiger partial charge in [0.05, 0.1) is 0 Å². The summed E-state index contributed by atoms with van der Waals surface area (Å²) in [6.07, 6.45) is 10.5. The topological polar surface area (TPSA) is 34.1 Å². The number of rotatable bonds is 0. The van der Waals surface area contributed by atoms with Crippen molar-refractivity contribution in [2.45, 2.75) is 79.1 Å². The number of Topliss-reactive ketones (excluding diaryl/α,β-unsaturated/α-hetero) is 1. The monoisotopic (exact) mass is 328 g/mol. The molecule has 0 N–H and O–H groups in total. The highest BCUT2D eigenvalue weighted by molar-refractivity contribution is 5.91. The molecule has 3 fully saturated rings. The molecule has 5 atom stereocenters. The van der Waals surface area contributed by atoms with Gasteiger partial charge in [-0.1, -0.05) is 33.3 Å². The van der Waals surface area contributed by atoms with Crippen LogP contribution in [0.3, 0.4) is 0 Å². The summed E-state index contributed by atoms with van der Waals surface area (Å²) in [5.74, 6) is 2.58. The van der Waals surface area contributed by atoms with E-state index in [0.29, 0.717) is 29.3 Å². The molecule has 0 aromatic heterocycles. The maximum atomic E-state index is 12.6. The Kier molecular flexibility index (Phi) is 3.48. The second-order valence-electron chi connectivity index (χ2n) is 10.1. The van der Waals surface area contributed by atoms with E-state index in [2.05, 4.69) is 27.7 Å². The predicted octanol–water partition coefficient (Wildman–Crippen LogP) is 5.11. The molecule has 3 saturated carbocycles. The minimum absolute atomic E-state index is 0.179. The molecule has 24 heavy (non-hydrogen) atoms. The Bertz CT molecular complexity index is 628. The van der Waals surface area contributed by atoms with Crippen molar-refractivity contribution in [3.63, 3.8) is 0 Å². The number of allylic oxidation sites excluding steroid dienone is 2. The first-order valence-electron chi connectivity index (χ1n) is 9.98.